The van der Waals surface area contributed by atoms with E-state index in [0.29, 0.717) is 0 Å². The molecule has 0 bridgehead atoms. The Morgan fingerprint density at radius 3 is 1.03 bits per heavy atom. The van der Waals surface area contributed by atoms with Crippen molar-refractivity contribution in [2.24, 2.45) is 0 Å². The van der Waals surface area contributed by atoms with Gasteiger partial charge in [0.1, 0.15) is 0 Å². The van der Waals surface area contributed by atoms with Crippen molar-refractivity contribution in [2.75, 3.05) is 26.4 Å². The summed E-state index contributed by atoms with van der Waals surface area (Å²) in [6, 6.07) is 8.07. The number of rotatable bonds is 8. The summed E-state index contributed by atoms with van der Waals surface area (Å²) in [5.74, 6) is -5.79. The van der Waals surface area contributed by atoms with Gasteiger partial charge in [-0.1, -0.05) is 0 Å². The average molecular weight is 722 g/mol. The van der Waals surface area contributed by atoms with Gasteiger partial charge in [0.25, 0.3) is 0 Å². The molecule has 0 aromatic carbocycles. The van der Waals surface area contributed by atoms with E-state index in [9.17, 15) is 39.6 Å². The Kier molecular flexibility index (Phi) is 35.1. The molecular weight excluding hydrogens is 698 g/mol. The van der Waals surface area contributed by atoms with Crippen LogP contribution in [0.15, 0.2) is 49.1 Å². The minimum Gasteiger partial charge on any atom is -2.00 e. The quantitative estimate of drug-likeness (QED) is 0.249. The average Bonchev–Trinajstić information content (AvgIpc) is 2.69. The second kappa shape index (κ2) is 29.1. The SMILES string of the molecule is Cc1ccc[nH+]c1.Cc1ccc[nH+]c1.O=C([O-])COCC(=O)[O-].O=C([O-])COCC(=O)[O-].[O-2].[O-2].[U]. The number of aromatic amines is 2. The van der Waals surface area contributed by atoms with Gasteiger partial charge in [0, 0.05) is 54.4 Å². The molecule has 0 radical (unpaired) electrons. The standard InChI is InChI=1S/2C6H7N.2C4H6O5.2O.U/c2*1-6-3-2-4-7-5-6;2*5-3(6)1-9-2-4(7)8;;;/h2*2-5H,1H3;2*1-2H2,(H,5,6)(H,7,8);;;/q;;;;2*-2;/p-2. The van der Waals surface area contributed by atoms with Gasteiger partial charge in [-0.25, -0.2) is 9.97 Å². The van der Waals surface area contributed by atoms with Crippen LogP contribution in [0.2, 0.25) is 0 Å². The predicted molar refractivity (Wildman–Crippen MR) is 98.5 cm³/mol. The zero-order valence-electron chi connectivity index (χ0n) is 18.8. The molecular formula is C20H24N2O12U-6. The number of hydrogen-bond donors (Lipinski definition) is 0. The number of pyridine rings is 2. The molecule has 0 aliphatic carbocycles. The zero-order valence-corrected chi connectivity index (χ0v) is 23.0. The Labute approximate surface area is 224 Å². The van der Waals surface area contributed by atoms with Gasteiger partial charge in [-0.15, -0.1) is 0 Å². The molecule has 0 atom stereocenters. The van der Waals surface area contributed by atoms with Crippen LogP contribution in [0.5, 0.6) is 0 Å². The van der Waals surface area contributed by atoms with Gasteiger partial charge in [-0.05, 0) is 26.0 Å². The molecule has 2 N–H and O–H groups in total. The monoisotopic (exact) mass is 722 g/mol. The van der Waals surface area contributed by atoms with Crippen molar-refractivity contribution in [2.45, 2.75) is 13.8 Å². The van der Waals surface area contributed by atoms with Gasteiger partial charge in [0.15, 0.2) is 24.8 Å². The number of nitrogens with one attached hydrogen (secondary N) is 2. The molecule has 2 rings (SSSR count). The van der Waals surface area contributed by atoms with Gasteiger partial charge in [0.05, 0.1) is 50.3 Å². The van der Waals surface area contributed by atoms with Crippen molar-refractivity contribution >= 4 is 23.9 Å². The number of hydrogen-bond acceptors (Lipinski definition) is 10. The third-order valence-electron chi connectivity index (χ3n) is 2.60. The van der Waals surface area contributed by atoms with Crippen molar-refractivity contribution < 1.29 is 101 Å². The molecule has 0 unspecified atom stereocenters. The van der Waals surface area contributed by atoms with Crippen molar-refractivity contribution in [1.29, 1.82) is 0 Å². The molecule has 196 valence electrons. The topological polar surface area (TPSA) is 264 Å². The smallest absolute Gasteiger partial charge is 0.169 e. The van der Waals surface area contributed by atoms with Gasteiger partial charge < -0.3 is 60.0 Å². The normalized spacial score (nSPS) is 8.06. The van der Waals surface area contributed by atoms with Gasteiger partial charge in [-0.3, -0.25) is 0 Å². The molecule has 0 aliphatic rings. The summed E-state index contributed by atoms with van der Waals surface area (Å²) in [7, 11) is 0. The molecule has 15 heteroatoms. The molecule has 0 spiro atoms. The first-order chi connectivity index (χ1) is 15.0. The third-order valence-corrected chi connectivity index (χ3v) is 2.60. The molecule has 14 nitrogen and oxygen atoms in total. The van der Waals surface area contributed by atoms with E-state index in [1.54, 1.807) is 0 Å². The summed E-state index contributed by atoms with van der Waals surface area (Å²) in [5, 5.41) is 38.1. The van der Waals surface area contributed by atoms with E-state index in [0.717, 1.165) is 0 Å². The minimum atomic E-state index is -1.45. The second-order valence-corrected chi connectivity index (χ2v) is 5.64. The van der Waals surface area contributed by atoms with E-state index < -0.39 is 50.3 Å². The fourth-order valence-electron chi connectivity index (χ4n) is 1.40. The zero-order chi connectivity index (χ0) is 24.8. The second-order valence-electron chi connectivity index (χ2n) is 5.64. The Bertz CT molecular complexity index is 700. The molecule has 0 saturated carbocycles. The first kappa shape index (κ1) is 42.2. The van der Waals surface area contributed by atoms with Crippen LogP contribution >= 0.6 is 0 Å². The maximum atomic E-state index is 9.53. The molecule has 0 saturated heterocycles. The largest absolute Gasteiger partial charge is 2.00 e. The van der Waals surface area contributed by atoms with Crippen LogP contribution in [0, 0.1) is 45.0 Å². The van der Waals surface area contributed by atoms with Crippen LogP contribution in [0.25, 0.3) is 0 Å². The number of aryl methyl sites for hydroxylation is 2. The first-order valence-electron chi connectivity index (χ1n) is 8.84. The van der Waals surface area contributed by atoms with Crippen LogP contribution in [0.3, 0.4) is 0 Å². The Morgan fingerprint density at radius 1 is 0.657 bits per heavy atom. The molecule has 2 heterocycles. The minimum absolute atomic E-state index is 0. The van der Waals surface area contributed by atoms with E-state index in [1.165, 1.54) is 11.1 Å². The predicted octanol–water partition coefficient (Wildman–Crippen LogP) is -5.61. The Hall–Kier alpha value is -2.93. The first-order valence-corrected chi connectivity index (χ1v) is 8.84. The summed E-state index contributed by atoms with van der Waals surface area (Å²) in [6.45, 7) is 1.25. The van der Waals surface area contributed by atoms with Crippen LogP contribution in [0.4, 0.5) is 0 Å². The van der Waals surface area contributed by atoms with E-state index in [2.05, 4.69) is 45.4 Å². The van der Waals surface area contributed by atoms with E-state index in [1.807, 2.05) is 36.9 Å². The van der Waals surface area contributed by atoms with Crippen LogP contribution in [-0.2, 0) is 39.6 Å². The maximum absolute atomic E-state index is 9.53. The molecule has 2 aromatic heterocycles. The van der Waals surface area contributed by atoms with Gasteiger partial charge >= 0.3 is 0 Å². The summed E-state index contributed by atoms with van der Waals surface area (Å²) in [4.78, 5) is 44.0. The number of carboxylic acids is 4. The summed E-state index contributed by atoms with van der Waals surface area (Å²) in [5.41, 5.74) is 2.53. The Balaban J connectivity index is -0.000000112. The fourth-order valence-corrected chi connectivity index (χ4v) is 1.40. The fraction of sp³-hybridized carbons (Fsp3) is 0.300. The molecule has 0 aliphatic heterocycles. The third kappa shape index (κ3) is 41.8. The summed E-state index contributed by atoms with van der Waals surface area (Å²) < 4.78 is 8.06. The van der Waals surface area contributed by atoms with Crippen LogP contribution in [-0.4, -0.2) is 50.3 Å². The van der Waals surface area contributed by atoms with Crippen molar-refractivity contribution in [3.63, 3.8) is 0 Å². The van der Waals surface area contributed by atoms with E-state index >= 15 is 0 Å². The maximum Gasteiger partial charge on any atom is 0.169 e. The summed E-state index contributed by atoms with van der Waals surface area (Å²) >= 11 is 0. The number of aliphatic carboxylic acids is 4. The van der Waals surface area contributed by atoms with Crippen molar-refractivity contribution in [3.05, 3.63) is 60.2 Å². The Morgan fingerprint density at radius 2 is 0.914 bits per heavy atom. The number of carboxylic acid groups (broad SMARTS) is 4. The van der Waals surface area contributed by atoms with Crippen molar-refractivity contribution in [3.8, 4) is 0 Å². The number of aromatic nitrogens is 2. The van der Waals surface area contributed by atoms with Gasteiger partial charge in [-0.2, -0.15) is 0 Å². The molecule has 0 fully saturated rings. The summed E-state index contributed by atoms with van der Waals surface area (Å²) in [6.07, 6.45) is 7.71. The van der Waals surface area contributed by atoms with Gasteiger partial charge in [0.2, 0.25) is 0 Å². The van der Waals surface area contributed by atoms with E-state index in [4.69, 9.17) is 0 Å². The van der Waals surface area contributed by atoms with Crippen molar-refractivity contribution in [1.82, 2.24) is 0 Å². The molecule has 0 amide bonds. The number of carbonyl (C=O) groups excluding carboxylic acids is 4. The molecule has 2 aromatic rings. The number of ether oxygens (including phenoxy) is 2. The number of carbonyl (C=O) groups is 4. The molecule has 35 heavy (non-hydrogen) atoms. The van der Waals surface area contributed by atoms with E-state index in [-0.39, 0.29) is 42.1 Å². The van der Waals surface area contributed by atoms with Crippen LogP contribution in [0.1, 0.15) is 11.1 Å². The number of H-pyrrole nitrogens is 2. The van der Waals surface area contributed by atoms with Crippen LogP contribution < -0.4 is 30.4 Å².